The number of hydrogen-bond acceptors (Lipinski definition) is 3. The van der Waals surface area contributed by atoms with Crippen LogP contribution in [0.25, 0.3) is 0 Å². The highest BCUT2D eigenvalue weighted by Crippen LogP contribution is 2.36. The summed E-state index contributed by atoms with van der Waals surface area (Å²) >= 11 is 1.80. The molecule has 1 N–H and O–H groups in total. The highest BCUT2D eigenvalue weighted by molar-refractivity contribution is 7.99. The highest BCUT2D eigenvalue weighted by atomic mass is 32.2. The normalized spacial score (nSPS) is 18.1. The van der Waals surface area contributed by atoms with Crippen LogP contribution in [-0.2, 0) is 6.54 Å². The lowest BCUT2D eigenvalue weighted by atomic mass is 10.0. The predicted molar refractivity (Wildman–Crippen MR) is 75.6 cm³/mol. The minimum atomic E-state index is -0.158. The molecule has 0 saturated heterocycles. The monoisotopic (exact) mass is 274 g/mol. The number of thioether (sulfide) groups is 1. The van der Waals surface area contributed by atoms with Crippen molar-refractivity contribution in [1.29, 1.82) is 0 Å². The predicted octanol–water partition coefficient (Wildman–Crippen LogP) is 3.55. The van der Waals surface area contributed by atoms with Crippen molar-refractivity contribution in [1.82, 2.24) is 10.3 Å². The molecule has 98 valence electrons. The standard InChI is InChI=1S/C15H15FN2S/c16-12-3-4-15-13(8-12)14(5-7-19-15)18-10-11-2-1-6-17-9-11/h1-4,6,8-9,14,18H,5,7,10H2. The van der Waals surface area contributed by atoms with Crippen molar-refractivity contribution >= 4 is 11.8 Å². The van der Waals surface area contributed by atoms with Gasteiger partial charge in [0.25, 0.3) is 0 Å². The van der Waals surface area contributed by atoms with E-state index in [4.69, 9.17) is 0 Å². The van der Waals surface area contributed by atoms with Gasteiger partial charge in [0.2, 0.25) is 0 Å². The molecule has 19 heavy (non-hydrogen) atoms. The van der Waals surface area contributed by atoms with E-state index in [9.17, 15) is 4.39 Å². The van der Waals surface area contributed by atoms with Crippen LogP contribution in [0.3, 0.4) is 0 Å². The van der Waals surface area contributed by atoms with Crippen molar-refractivity contribution in [3.8, 4) is 0 Å². The molecular formula is C15H15FN2S. The van der Waals surface area contributed by atoms with E-state index < -0.39 is 0 Å². The second-order valence-electron chi connectivity index (χ2n) is 4.61. The van der Waals surface area contributed by atoms with Gasteiger partial charge >= 0.3 is 0 Å². The smallest absolute Gasteiger partial charge is 0.123 e. The third-order valence-electron chi connectivity index (χ3n) is 3.29. The molecule has 0 radical (unpaired) electrons. The van der Waals surface area contributed by atoms with Crippen LogP contribution in [0, 0.1) is 5.82 Å². The number of halogens is 1. The number of rotatable bonds is 3. The van der Waals surface area contributed by atoms with E-state index in [0.29, 0.717) is 0 Å². The molecule has 0 amide bonds. The van der Waals surface area contributed by atoms with Crippen molar-refractivity contribution in [2.24, 2.45) is 0 Å². The summed E-state index contributed by atoms with van der Waals surface area (Å²) in [7, 11) is 0. The first-order chi connectivity index (χ1) is 9.33. The van der Waals surface area contributed by atoms with Crippen molar-refractivity contribution < 1.29 is 4.39 Å². The molecule has 2 aromatic rings. The molecule has 0 aliphatic carbocycles. The summed E-state index contributed by atoms with van der Waals surface area (Å²) in [4.78, 5) is 5.29. The number of aromatic nitrogens is 1. The van der Waals surface area contributed by atoms with E-state index >= 15 is 0 Å². The Morgan fingerprint density at radius 3 is 3.16 bits per heavy atom. The minimum Gasteiger partial charge on any atom is -0.306 e. The van der Waals surface area contributed by atoms with Gasteiger partial charge < -0.3 is 5.32 Å². The van der Waals surface area contributed by atoms with Crippen LogP contribution in [0.1, 0.15) is 23.6 Å². The van der Waals surface area contributed by atoms with Gasteiger partial charge in [-0.15, -0.1) is 11.8 Å². The molecule has 3 rings (SSSR count). The molecule has 0 spiro atoms. The zero-order valence-electron chi connectivity index (χ0n) is 10.5. The first-order valence-electron chi connectivity index (χ1n) is 6.37. The van der Waals surface area contributed by atoms with Gasteiger partial charge in [0, 0.05) is 29.9 Å². The molecule has 1 aliphatic rings. The van der Waals surface area contributed by atoms with Crippen LogP contribution in [0.2, 0.25) is 0 Å². The highest BCUT2D eigenvalue weighted by Gasteiger charge is 2.20. The minimum absolute atomic E-state index is 0.158. The van der Waals surface area contributed by atoms with Gasteiger partial charge in [-0.1, -0.05) is 6.07 Å². The SMILES string of the molecule is Fc1ccc2c(c1)C(NCc1cccnc1)CCS2. The topological polar surface area (TPSA) is 24.9 Å². The maximum absolute atomic E-state index is 13.4. The van der Waals surface area contributed by atoms with E-state index in [1.165, 1.54) is 11.0 Å². The summed E-state index contributed by atoms with van der Waals surface area (Å²) in [5, 5.41) is 3.50. The summed E-state index contributed by atoms with van der Waals surface area (Å²) in [5.74, 6) is 0.915. The lowest BCUT2D eigenvalue weighted by Crippen LogP contribution is -2.24. The molecule has 1 aliphatic heterocycles. The third kappa shape index (κ3) is 2.96. The molecule has 2 nitrogen and oxygen atoms in total. The van der Waals surface area contributed by atoms with Gasteiger partial charge in [0.15, 0.2) is 0 Å². The Labute approximate surface area is 116 Å². The van der Waals surface area contributed by atoms with E-state index in [2.05, 4.69) is 10.3 Å². The van der Waals surface area contributed by atoms with Crippen LogP contribution in [0.5, 0.6) is 0 Å². The van der Waals surface area contributed by atoms with Crippen molar-refractivity contribution in [3.63, 3.8) is 0 Å². The van der Waals surface area contributed by atoms with E-state index in [1.54, 1.807) is 24.0 Å². The van der Waals surface area contributed by atoms with Gasteiger partial charge in [-0.25, -0.2) is 4.39 Å². The van der Waals surface area contributed by atoms with Crippen LogP contribution in [-0.4, -0.2) is 10.7 Å². The molecule has 4 heteroatoms. The molecule has 1 atom stereocenters. The van der Waals surface area contributed by atoms with Gasteiger partial charge in [-0.05, 0) is 47.6 Å². The first-order valence-corrected chi connectivity index (χ1v) is 7.36. The van der Waals surface area contributed by atoms with Gasteiger partial charge in [0.05, 0.1) is 0 Å². The Kier molecular flexibility index (Phi) is 3.80. The van der Waals surface area contributed by atoms with E-state index in [-0.39, 0.29) is 11.9 Å². The summed E-state index contributed by atoms with van der Waals surface area (Å²) in [6.45, 7) is 0.763. The van der Waals surface area contributed by atoms with Crippen molar-refractivity contribution in [3.05, 3.63) is 59.7 Å². The van der Waals surface area contributed by atoms with Gasteiger partial charge in [0.1, 0.15) is 5.82 Å². The average molecular weight is 274 g/mol. The summed E-state index contributed by atoms with van der Waals surface area (Å²) in [6, 6.07) is 9.28. The lowest BCUT2D eigenvalue weighted by Gasteiger charge is -2.26. The Balaban J connectivity index is 1.75. The van der Waals surface area contributed by atoms with Crippen LogP contribution < -0.4 is 5.32 Å². The Bertz CT molecular complexity index is 559. The van der Waals surface area contributed by atoms with Gasteiger partial charge in [-0.2, -0.15) is 0 Å². The summed E-state index contributed by atoms with van der Waals surface area (Å²) in [6.07, 6.45) is 4.66. The average Bonchev–Trinajstić information content (AvgIpc) is 2.46. The number of nitrogens with zero attached hydrogens (tertiary/aromatic N) is 1. The fourth-order valence-electron chi connectivity index (χ4n) is 2.32. The van der Waals surface area contributed by atoms with Crippen LogP contribution in [0.15, 0.2) is 47.6 Å². The maximum Gasteiger partial charge on any atom is 0.123 e. The largest absolute Gasteiger partial charge is 0.306 e. The number of pyridine rings is 1. The Morgan fingerprint density at radius 2 is 2.32 bits per heavy atom. The first kappa shape index (κ1) is 12.6. The van der Waals surface area contributed by atoms with E-state index in [1.807, 2.05) is 24.4 Å². The third-order valence-corrected chi connectivity index (χ3v) is 4.41. The second-order valence-corrected chi connectivity index (χ2v) is 5.75. The number of fused-ring (bicyclic) bond motifs is 1. The molecule has 0 saturated carbocycles. The van der Waals surface area contributed by atoms with Gasteiger partial charge in [-0.3, -0.25) is 4.98 Å². The summed E-state index contributed by atoms with van der Waals surface area (Å²) < 4.78 is 13.4. The molecule has 0 fully saturated rings. The number of benzene rings is 1. The quantitative estimate of drug-likeness (QED) is 0.926. The van der Waals surface area contributed by atoms with Crippen molar-refractivity contribution in [2.75, 3.05) is 5.75 Å². The van der Waals surface area contributed by atoms with Crippen LogP contribution in [0.4, 0.5) is 4.39 Å². The molecule has 0 bridgehead atoms. The lowest BCUT2D eigenvalue weighted by molar-refractivity contribution is 0.504. The molecule has 1 unspecified atom stereocenters. The van der Waals surface area contributed by atoms with Crippen LogP contribution >= 0.6 is 11.8 Å². The Hall–Kier alpha value is -1.39. The van der Waals surface area contributed by atoms with E-state index in [0.717, 1.165) is 29.8 Å². The number of hydrogen-bond donors (Lipinski definition) is 1. The molecule has 1 aromatic heterocycles. The fraction of sp³-hybridized carbons (Fsp3) is 0.267. The Morgan fingerprint density at radius 1 is 1.37 bits per heavy atom. The zero-order valence-corrected chi connectivity index (χ0v) is 11.3. The fourth-order valence-corrected chi connectivity index (χ4v) is 3.43. The zero-order chi connectivity index (χ0) is 13.1. The molecular weight excluding hydrogens is 259 g/mol. The summed E-state index contributed by atoms with van der Waals surface area (Å²) in [5.41, 5.74) is 2.24. The molecule has 1 aromatic carbocycles. The molecule has 2 heterocycles. The van der Waals surface area contributed by atoms with Crippen molar-refractivity contribution in [2.45, 2.75) is 23.9 Å². The maximum atomic E-state index is 13.4. The number of nitrogens with one attached hydrogen (secondary N) is 1. The second kappa shape index (κ2) is 5.72.